The van der Waals surface area contributed by atoms with Crippen molar-refractivity contribution in [2.75, 3.05) is 5.33 Å². The zero-order valence-corrected chi connectivity index (χ0v) is 14.8. The summed E-state index contributed by atoms with van der Waals surface area (Å²) in [5, 5.41) is 0.883. The first-order valence-corrected chi connectivity index (χ1v) is 8.88. The Morgan fingerprint density at radius 1 is 1.19 bits per heavy atom. The van der Waals surface area contributed by atoms with Gasteiger partial charge < -0.3 is 0 Å². The van der Waals surface area contributed by atoms with Crippen LogP contribution in [0, 0.1) is 28.4 Å². The second-order valence-electron chi connectivity index (χ2n) is 7.69. The van der Waals surface area contributed by atoms with Crippen LogP contribution in [0.2, 0.25) is 0 Å². The molecule has 1 aromatic rings. The van der Waals surface area contributed by atoms with Gasteiger partial charge in [-0.1, -0.05) is 42.8 Å². The summed E-state index contributed by atoms with van der Waals surface area (Å²) in [5.74, 6) is -0.170. The Hall–Kier alpha value is -0.440. The van der Waals surface area contributed by atoms with Crippen LogP contribution in [0.4, 0.5) is 8.78 Å². The molecule has 0 spiro atoms. The maximum absolute atomic E-state index is 13.9. The van der Waals surface area contributed by atoms with Crippen molar-refractivity contribution in [2.24, 2.45) is 16.7 Å². The molecule has 0 heterocycles. The highest BCUT2D eigenvalue weighted by Crippen LogP contribution is 2.47. The van der Waals surface area contributed by atoms with E-state index in [2.05, 4.69) is 36.7 Å². The van der Waals surface area contributed by atoms with E-state index in [1.807, 2.05) is 0 Å². The molecule has 1 fully saturated rings. The summed E-state index contributed by atoms with van der Waals surface area (Å²) in [6.45, 7) is 6.91. The number of alkyl halides is 1. The fourth-order valence-electron chi connectivity index (χ4n) is 3.52. The maximum Gasteiger partial charge on any atom is 0.129 e. The van der Waals surface area contributed by atoms with E-state index in [4.69, 9.17) is 0 Å². The van der Waals surface area contributed by atoms with Gasteiger partial charge in [0.25, 0.3) is 0 Å². The first-order chi connectivity index (χ1) is 9.76. The third kappa shape index (κ3) is 4.06. The lowest BCUT2D eigenvalue weighted by Gasteiger charge is -2.43. The van der Waals surface area contributed by atoms with Crippen molar-refractivity contribution in [2.45, 2.75) is 52.9 Å². The highest BCUT2D eigenvalue weighted by atomic mass is 79.9. The summed E-state index contributed by atoms with van der Waals surface area (Å²) >= 11 is 3.64. The van der Waals surface area contributed by atoms with Crippen LogP contribution in [0.1, 0.15) is 52.0 Å². The molecular weight excluding hydrogens is 334 g/mol. The van der Waals surface area contributed by atoms with Crippen molar-refractivity contribution in [1.29, 1.82) is 0 Å². The quantitative estimate of drug-likeness (QED) is 0.570. The van der Waals surface area contributed by atoms with E-state index < -0.39 is 11.6 Å². The Labute approximate surface area is 135 Å². The molecule has 0 bridgehead atoms. The van der Waals surface area contributed by atoms with Crippen LogP contribution in [0.5, 0.6) is 0 Å². The first kappa shape index (κ1) is 16.9. The fourth-order valence-corrected chi connectivity index (χ4v) is 4.28. The summed E-state index contributed by atoms with van der Waals surface area (Å²) in [6, 6.07) is 3.96. The van der Waals surface area contributed by atoms with Crippen LogP contribution in [0.3, 0.4) is 0 Å². The smallest absolute Gasteiger partial charge is 0.129 e. The number of hydrogen-bond acceptors (Lipinski definition) is 0. The van der Waals surface area contributed by atoms with Gasteiger partial charge >= 0.3 is 0 Å². The molecule has 2 rings (SSSR count). The van der Waals surface area contributed by atoms with Crippen molar-refractivity contribution >= 4 is 15.9 Å². The molecule has 21 heavy (non-hydrogen) atoms. The summed E-state index contributed by atoms with van der Waals surface area (Å²) in [6.07, 6.45) is 5.30. The fraction of sp³-hybridized carbons (Fsp3) is 0.667. The molecule has 0 unspecified atom stereocenters. The maximum atomic E-state index is 13.9. The molecule has 1 aromatic carbocycles. The Balaban J connectivity index is 2.10. The number of rotatable bonds is 3. The minimum atomic E-state index is -0.499. The van der Waals surface area contributed by atoms with Crippen molar-refractivity contribution < 1.29 is 8.78 Å². The predicted octanol–water partition coefficient (Wildman–Crippen LogP) is 6.12. The Morgan fingerprint density at radius 3 is 2.29 bits per heavy atom. The van der Waals surface area contributed by atoms with Gasteiger partial charge in [-0.05, 0) is 60.5 Å². The van der Waals surface area contributed by atoms with Crippen molar-refractivity contribution in [1.82, 2.24) is 0 Å². The van der Waals surface area contributed by atoms with Gasteiger partial charge in [-0.25, -0.2) is 8.78 Å². The highest BCUT2D eigenvalue weighted by Gasteiger charge is 2.38. The molecule has 0 amide bonds. The second-order valence-corrected chi connectivity index (χ2v) is 8.25. The highest BCUT2D eigenvalue weighted by molar-refractivity contribution is 9.09. The molecule has 0 radical (unpaired) electrons. The van der Waals surface area contributed by atoms with E-state index in [9.17, 15) is 8.78 Å². The summed E-state index contributed by atoms with van der Waals surface area (Å²) < 4.78 is 27.0. The van der Waals surface area contributed by atoms with Gasteiger partial charge in [0.2, 0.25) is 0 Å². The molecule has 3 heteroatoms. The standard InChI is InChI=1S/C18H25BrF2/c1-17(2,3)14-6-8-18(12-19,9-7-14)11-13-4-5-15(20)10-16(13)21/h4-5,10,14H,6-9,11-12H2,1-3H3. The minimum Gasteiger partial charge on any atom is -0.207 e. The summed E-state index contributed by atoms with van der Waals surface area (Å²) in [7, 11) is 0. The van der Waals surface area contributed by atoms with Crippen molar-refractivity contribution in [3.05, 3.63) is 35.4 Å². The SMILES string of the molecule is CC(C)(C)C1CCC(CBr)(Cc2ccc(F)cc2F)CC1. The first-order valence-electron chi connectivity index (χ1n) is 7.76. The number of benzene rings is 1. The zero-order valence-electron chi connectivity index (χ0n) is 13.2. The lowest BCUT2D eigenvalue weighted by Crippen LogP contribution is -2.35. The molecule has 118 valence electrons. The summed E-state index contributed by atoms with van der Waals surface area (Å²) in [5.41, 5.74) is 1.10. The number of hydrogen-bond donors (Lipinski definition) is 0. The molecular formula is C18H25BrF2. The van der Waals surface area contributed by atoms with Crippen LogP contribution in [0.15, 0.2) is 18.2 Å². The van der Waals surface area contributed by atoms with E-state index in [1.165, 1.54) is 18.9 Å². The van der Waals surface area contributed by atoms with Gasteiger partial charge in [-0.15, -0.1) is 0 Å². The second kappa shape index (κ2) is 6.36. The predicted molar refractivity (Wildman–Crippen MR) is 87.7 cm³/mol. The average Bonchev–Trinajstić information content (AvgIpc) is 2.41. The van der Waals surface area contributed by atoms with E-state index in [0.717, 1.165) is 30.2 Å². The third-order valence-electron chi connectivity index (χ3n) is 5.14. The van der Waals surface area contributed by atoms with Crippen molar-refractivity contribution in [3.63, 3.8) is 0 Å². The van der Waals surface area contributed by atoms with Gasteiger partial charge in [0, 0.05) is 11.4 Å². The van der Waals surface area contributed by atoms with Crippen LogP contribution in [-0.2, 0) is 6.42 Å². The van der Waals surface area contributed by atoms with Crippen LogP contribution in [0.25, 0.3) is 0 Å². The number of halogens is 3. The van der Waals surface area contributed by atoms with E-state index in [1.54, 1.807) is 6.07 Å². The molecule has 0 aromatic heterocycles. The molecule has 1 aliphatic rings. The van der Waals surface area contributed by atoms with Gasteiger partial charge in [-0.2, -0.15) is 0 Å². The van der Waals surface area contributed by atoms with Crippen LogP contribution in [-0.4, -0.2) is 5.33 Å². The Morgan fingerprint density at radius 2 is 1.81 bits per heavy atom. The van der Waals surface area contributed by atoms with E-state index in [0.29, 0.717) is 17.4 Å². The Kier molecular flexibility index (Phi) is 5.12. The molecule has 0 N–H and O–H groups in total. The van der Waals surface area contributed by atoms with Crippen LogP contribution < -0.4 is 0 Å². The lowest BCUT2D eigenvalue weighted by atomic mass is 9.63. The minimum absolute atomic E-state index is 0.112. The van der Waals surface area contributed by atoms with E-state index >= 15 is 0 Å². The van der Waals surface area contributed by atoms with Gasteiger partial charge in [0.05, 0.1) is 0 Å². The molecule has 0 nitrogen and oxygen atoms in total. The van der Waals surface area contributed by atoms with Gasteiger partial charge in [0.1, 0.15) is 11.6 Å². The summed E-state index contributed by atoms with van der Waals surface area (Å²) in [4.78, 5) is 0. The topological polar surface area (TPSA) is 0 Å². The molecule has 1 aliphatic carbocycles. The molecule has 0 saturated heterocycles. The Bertz CT molecular complexity index is 482. The average molecular weight is 359 g/mol. The van der Waals surface area contributed by atoms with Gasteiger partial charge in [0.15, 0.2) is 0 Å². The van der Waals surface area contributed by atoms with Crippen LogP contribution >= 0.6 is 15.9 Å². The monoisotopic (exact) mass is 358 g/mol. The molecule has 0 atom stereocenters. The molecule has 0 aliphatic heterocycles. The lowest BCUT2D eigenvalue weighted by molar-refractivity contribution is 0.103. The third-order valence-corrected chi connectivity index (χ3v) is 6.32. The van der Waals surface area contributed by atoms with E-state index in [-0.39, 0.29) is 5.41 Å². The van der Waals surface area contributed by atoms with Crippen molar-refractivity contribution in [3.8, 4) is 0 Å². The normalized spacial score (nSPS) is 26.9. The van der Waals surface area contributed by atoms with Gasteiger partial charge in [-0.3, -0.25) is 0 Å². The largest absolute Gasteiger partial charge is 0.207 e. The molecule has 1 saturated carbocycles. The zero-order chi connectivity index (χ0) is 15.7.